The second-order valence-corrected chi connectivity index (χ2v) is 12.9. The Hall–Kier alpha value is -3.22. The number of hydrogen-bond donors (Lipinski definition) is 2. The van der Waals surface area contributed by atoms with Crippen LogP contribution in [-0.4, -0.2) is 68.4 Å². The van der Waals surface area contributed by atoms with Gasteiger partial charge in [0.25, 0.3) is 0 Å². The van der Waals surface area contributed by atoms with Crippen LogP contribution in [0.25, 0.3) is 0 Å². The molecule has 0 unspecified atom stereocenters. The van der Waals surface area contributed by atoms with E-state index in [2.05, 4.69) is 44.5 Å². The largest absolute Gasteiger partial charge is 0.433 e. The second kappa shape index (κ2) is 12.5. The van der Waals surface area contributed by atoms with Crippen LogP contribution in [0.2, 0.25) is 5.02 Å². The minimum absolute atomic E-state index is 0.0507. The summed E-state index contributed by atoms with van der Waals surface area (Å²) >= 11 is 6.32. The van der Waals surface area contributed by atoms with E-state index in [4.69, 9.17) is 16.3 Å². The summed E-state index contributed by atoms with van der Waals surface area (Å²) in [7, 11) is 0.518. The molecule has 2 aromatic carbocycles. The quantitative estimate of drug-likeness (QED) is 0.296. The highest BCUT2D eigenvalue weighted by atomic mass is 35.5. The Morgan fingerprint density at radius 3 is 2.42 bits per heavy atom. The molecule has 1 fully saturated rings. The third kappa shape index (κ3) is 6.91. The number of piperidine rings is 1. The van der Waals surface area contributed by atoms with Gasteiger partial charge in [0, 0.05) is 30.9 Å². The van der Waals surface area contributed by atoms with Crippen LogP contribution in [-0.2, 0) is 9.84 Å². The van der Waals surface area contributed by atoms with E-state index in [1.54, 1.807) is 44.2 Å². The first-order chi connectivity index (χ1) is 19.0. The lowest BCUT2D eigenvalue weighted by Crippen LogP contribution is -2.41. The predicted molar refractivity (Wildman–Crippen MR) is 154 cm³/mol. The SMILES string of the molecule is CC(C)S(=O)(=O)c1ccccc1Nc1nc(Nc2ccc(N3CCC(N(C)C)CC3)cc2OC(F)F)ncc1Cl. The van der Waals surface area contributed by atoms with E-state index in [1.807, 2.05) is 6.07 Å². The molecule has 0 atom stereocenters. The molecule has 0 aliphatic carbocycles. The standard InChI is InChI=1S/C27H33ClF2N6O3S/c1-17(2)40(37,38)24-8-6-5-7-22(24)32-25-20(28)16-31-27(34-25)33-21-10-9-19(15-23(21)39-26(29)30)36-13-11-18(12-14-36)35(3)4/h5-10,15-18,26H,11-14H2,1-4H3,(H2,31,32,33,34). The van der Waals surface area contributed by atoms with Crippen molar-refractivity contribution < 1.29 is 21.9 Å². The number of benzene rings is 2. The average molecular weight is 595 g/mol. The highest BCUT2D eigenvalue weighted by Crippen LogP contribution is 2.35. The maximum absolute atomic E-state index is 13.3. The zero-order chi connectivity index (χ0) is 29.0. The van der Waals surface area contributed by atoms with Gasteiger partial charge in [-0.2, -0.15) is 13.8 Å². The maximum Gasteiger partial charge on any atom is 0.387 e. The molecule has 216 valence electrons. The Labute approximate surface area is 238 Å². The van der Waals surface area contributed by atoms with E-state index < -0.39 is 21.7 Å². The highest BCUT2D eigenvalue weighted by molar-refractivity contribution is 7.92. The van der Waals surface area contributed by atoms with Crippen LogP contribution < -0.4 is 20.3 Å². The average Bonchev–Trinajstić information content (AvgIpc) is 2.91. The van der Waals surface area contributed by atoms with E-state index in [0.717, 1.165) is 31.6 Å². The zero-order valence-corrected chi connectivity index (χ0v) is 24.3. The van der Waals surface area contributed by atoms with E-state index in [1.165, 1.54) is 12.3 Å². The van der Waals surface area contributed by atoms with Gasteiger partial charge in [-0.25, -0.2) is 13.4 Å². The van der Waals surface area contributed by atoms with E-state index in [0.29, 0.717) is 11.7 Å². The zero-order valence-electron chi connectivity index (χ0n) is 22.7. The van der Waals surface area contributed by atoms with Gasteiger partial charge in [0.15, 0.2) is 21.4 Å². The Bertz CT molecular complexity index is 1430. The van der Waals surface area contributed by atoms with Gasteiger partial charge in [-0.15, -0.1) is 0 Å². The third-order valence-electron chi connectivity index (χ3n) is 6.80. The highest BCUT2D eigenvalue weighted by Gasteiger charge is 2.24. The molecule has 0 saturated carbocycles. The van der Waals surface area contributed by atoms with E-state index >= 15 is 0 Å². The summed E-state index contributed by atoms with van der Waals surface area (Å²) in [5.41, 5.74) is 1.32. The van der Waals surface area contributed by atoms with Gasteiger partial charge in [0.2, 0.25) is 5.95 Å². The van der Waals surface area contributed by atoms with E-state index in [9.17, 15) is 17.2 Å². The molecular weight excluding hydrogens is 562 g/mol. The molecule has 0 bridgehead atoms. The van der Waals surface area contributed by atoms with Gasteiger partial charge < -0.3 is 25.2 Å². The summed E-state index contributed by atoms with van der Waals surface area (Å²) < 4.78 is 57.2. The first kappa shape index (κ1) is 29.8. The van der Waals surface area contributed by atoms with Gasteiger partial charge in [0.05, 0.1) is 27.7 Å². The Morgan fingerprint density at radius 1 is 1.07 bits per heavy atom. The Balaban J connectivity index is 1.59. The summed E-state index contributed by atoms with van der Waals surface area (Å²) in [5, 5.41) is 5.41. The number of para-hydroxylation sites is 1. The smallest absolute Gasteiger partial charge is 0.387 e. The van der Waals surface area contributed by atoms with Gasteiger partial charge in [-0.05, 0) is 65.0 Å². The second-order valence-electron chi connectivity index (χ2n) is 9.97. The summed E-state index contributed by atoms with van der Waals surface area (Å²) in [6.07, 6.45) is 3.26. The van der Waals surface area contributed by atoms with E-state index in [-0.39, 0.29) is 33.1 Å². The molecule has 0 amide bonds. The van der Waals surface area contributed by atoms with Crippen LogP contribution in [0.1, 0.15) is 26.7 Å². The minimum atomic E-state index is -3.60. The first-order valence-electron chi connectivity index (χ1n) is 12.9. The molecular formula is C27H33ClF2N6O3S. The van der Waals surface area contributed by atoms with Gasteiger partial charge in [-0.1, -0.05) is 23.7 Å². The van der Waals surface area contributed by atoms with Gasteiger partial charge >= 0.3 is 6.61 Å². The number of sulfone groups is 1. The lowest BCUT2D eigenvalue weighted by atomic mass is 10.0. The summed E-state index contributed by atoms with van der Waals surface area (Å²) in [6, 6.07) is 12.0. The fourth-order valence-corrected chi connectivity index (χ4v) is 5.82. The third-order valence-corrected chi connectivity index (χ3v) is 9.29. The van der Waals surface area contributed by atoms with Gasteiger partial charge in [0.1, 0.15) is 5.02 Å². The van der Waals surface area contributed by atoms with Crippen LogP contribution >= 0.6 is 11.6 Å². The van der Waals surface area contributed by atoms with Crippen LogP contribution in [0, 0.1) is 0 Å². The predicted octanol–water partition coefficient (Wildman–Crippen LogP) is 5.93. The molecule has 1 aromatic heterocycles. The fraction of sp³-hybridized carbons (Fsp3) is 0.407. The molecule has 13 heteroatoms. The van der Waals surface area contributed by atoms with Crippen LogP contribution in [0.5, 0.6) is 5.75 Å². The number of nitrogens with one attached hydrogen (secondary N) is 2. The van der Waals surface area contributed by atoms with Crippen molar-refractivity contribution >= 4 is 50.3 Å². The number of rotatable bonds is 10. The number of alkyl halides is 2. The van der Waals surface area contributed by atoms with Crippen LogP contribution in [0.3, 0.4) is 0 Å². The molecule has 1 aliphatic heterocycles. The number of aromatic nitrogens is 2. The Kier molecular flexibility index (Phi) is 9.32. The van der Waals surface area contributed by atoms with Crippen molar-refractivity contribution in [2.75, 3.05) is 42.7 Å². The van der Waals surface area contributed by atoms with Crippen molar-refractivity contribution in [1.29, 1.82) is 0 Å². The molecule has 9 nitrogen and oxygen atoms in total. The number of nitrogens with zero attached hydrogens (tertiary/aromatic N) is 4. The normalized spacial score (nSPS) is 14.7. The van der Waals surface area contributed by atoms with Crippen molar-refractivity contribution in [3.63, 3.8) is 0 Å². The molecule has 1 aliphatic rings. The number of hydrogen-bond acceptors (Lipinski definition) is 9. The molecule has 2 N–H and O–H groups in total. The lowest BCUT2D eigenvalue weighted by Gasteiger charge is -2.36. The summed E-state index contributed by atoms with van der Waals surface area (Å²) in [5.74, 6) is 0.140. The molecule has 2 heterocycles. The molecule has 0 spiro atoms. The molecule has 1 saturated heterocycles. The number of ether oxygens (including phenoxy) is 1. The van der Waals surface area contributed by atoms with Crippen molar-refractivity contribution in [2.24, 2.45) is 0 Å². The summed E-state index contributed by atoms with van der Waals surface area (Å²) in [4.78, 5) is 13.0. The monoisotopic (exact) mass is 594 g/mol. The number of anilines is 5. The Morgan fingerprint density at radius 2 is 1.77 bits per heavy atom. The van der Waals surface area contributed by atoms with Crippen LogP contribution in [0.4, 0.5) is 37.6 Å². The molecule has 0 radical (unpaired) electrons. The first-order valence-corrected chi connectivity index (χ1v) is 14.8. The van der Waals surface area contributed by atoms with Crippen LogP contribution in [0.15, 0.2) is 53.6 Å². The molecule has 40 heavy (non-hydrogen) atoms. The minimum Gasteiger partial charge on any atom is -0.433 e. The number of halogens is 3. The topological polar surface area (TPSA) is 99.7 Å². The van der Waals surface area contributed by atoms with Crippen molar-refractivity contribution in [3.8, 4) is 5.75 Å². The van der Waals surface area contributed by atoms with Crippen molar-refractivity contribution in [1.82, 2.24) is 14.9 Å². The lowest BCUT2D eigenvalue weighted by molar-refractivity contribution is -0.0493. The summed E-state index contributed by atoms with van der Waals surface area (Å²) in [6.45, 7) is 1.77. The van der Waals surface area contributed by atoms with Crippen molar-refractivity contribution in [2.45, 2.75) is 49.5 Å². The molecule has 4 rings (SSSR count). The van der Waals surface area contributed by atoms with Crippen molar-refractivity contribution in [3.05, 3.63) is 53.7 Å². The fourth-order valence-electron chi connectivity index (χ4n) is 4.48. The maximum atomic E-state index is 13.3. The van der Waals surface area contributed by atoms with Gasteiger partial charge in [-0.3, -0.25) is 0 Å². The molecule has 3 aromatic rings.